The Balaban J connectivity index is 3.16. The molecule has 4 nitrogen and oxygen atoms in total. The molecule has 1 rings (SSSR count). The largest absolute Gasteiger partial charge is 0.497 e. The van der Waals surface area contributed by atoms with Crippen molar-refractivity contribution in [2.45, 2.75) is 20.0 Å². The second-order valence-corrected chi connectivity index (χ2v) is 4.33. The van der Waals surface area contributed by atoms with E-state index in [0.717, 1.165) is 0 Å². The summed E-state index contributed by atoms with van der Waals surface area (Å²) < 4.78 is 15.6. The number of rotatable bonds is 6. The number of benzene rings is 1. The summed E-state index contributed by atoms with van der Waals surface area (Å²) in [5.74, 6) is 1.16. The van der Waals surface area contributed by atoms with Crippen molar-refractivity contribution in [3.63, 3.8) is 0 Å². The Labute approximate surface area is 108 Å². The third-order valence-electron chi connectivity index (χ3n) is 2.79. The Morgan fingerprint density at radius 2 is 1.78 bits per heavy atom. The predicted molar refractivity (Wildman–Crippen MR) is 69.5 cm³/mol. The van der Waals surface area contributed by atoms with E-state index in [2.05, 4.69) is 0 Å². The highest BCUT2D eigenvalue weighted by atomic mass is 16.5. The van der Waals surface area contributed by atoms with Crippen LogP contribution in [0.25, 0.3) is 0 Å². The van der Waals surface area contributed by atoms with Gasteiger partial charge >= 0.3 is 0 Å². The van der Waals surface area contributed by atoms with Crippen LogP contribution in [0.4, 0.5) is 0 Å². The number of methoxy groups -OCH3 is 3. The highest BCUT2D eigenvalue weighted by Crippen LogP contribution is 2.27. The fraction of sp³-hybridized carbons (Fsp3) is 0.500. The third-order valence-corrected chi connectivity index (χ3v) is 2.79. The molecule has 0 saturated carbocycles. The van der Waals surface area contributed by atoms with Gasteiger partial charge in [0.05, 0.1) is 19.8 Å². The summed E-state index contributed by atoms with van der Waals surface area (Å²) in [5, 5.41) is 0. The van der Waals surface area contributed by atoms with Crippen LogP contribution in [-0.4, -0.2) is 33.2 Å². The van der Waals surface area contributed by atoms with Crippen LogP contribution < -0.4 is 9.47 Å². The molecule has 0 aliphatic heterocycles. The highest BCUT2D eigenvalue weighted by molar-refractivity contribution is 6.02. The third kappa shape index (κ3) is 3.01. The van der Waals surface area contributed by atoms with Crippen molar-refractivity contribution in [2.75, 3.05) is 21.3 Å². The van der Waals surface area contributed by atoms with Gasteiger partial charge in [0, 0.05) is 7.11 Å². The molecular weight excluding hydrogens is 232 g/mol. The average Bonchev–Trinajstić information content (AvgIpc) is 2.38. The van der Waals surface area contributed by atoms with Crippen LogP contribution in [-0.2, 0) is 4.74 Å². The van der Waals surface area contributed by atoms with Gasteiger partial charge in [0.25, 0.3) is 0 Å². The number of ketones is 1. The van der Waals surface area contributed by atoms with E-state index in [1.807, 2.05) is 13.8 Å². The lowest BCUT2D eigenvalue weighted by molar-refractivity contribution is 0.0456. The molecule has 1 aromatic carbocycles. The molecule has 0 radical (unpaired) electrons. The van der Waals surface area contributed by atoms with Gasteiger partial charge in [-0.2, -0.15) is 0 Å². The Bertz CT molecular complexity index is 412. The van der Waals surface area contributed by atoms with Crippen molar-refractivity contribution >= 4 is 5.78 Å². The van der Waals surface area contributed by atoms with Crippen molar-refractivity contribution in [1.29, 1.82) is 0 Å². The molecule has 18 heavy (non-hydrogen) atoms. The molecule has 0 aliphatic rings. The van der Waals surface area contributed by atoms with Gasteiger partial charge in [-0.25, -0.2) is 0 Å². The minimum absolute atomic E-state index is 0.0942. The lowest BCUT2D eigenvalue weighted by Crippen LogP contribution is -2.29. The quantitative estimate of drug-likeness (QED) is 0.730. The van der Waals surface area contributed by atoms with E-state index in [-0.39, 0.29) is 11.7 Å². The number of hydrogen-bond acceptors (Lipinski definition) is 4. The number of ether oxygens (including phenoxy) is 3. The lowest BCUT2D eigenvalue weighted by Gasteiger charge is -2.19. The molecule has 0 spiro atoms. The molecule has 100 valence electrons. The van der Waals surface area contributed by atoms with Gasteiger partial charge in [-0.1, -0.05) is 13.8 Å². The summed E-state index contributed by atoms with van der Waals surface area (Å²) in [6.45, 7) is 3.89. The van der Waals surface area contributed by atoms with Gasteiger partial charge < -0.3 is 14.2 Å². The SMILES string of the molecule is COc1ccc(OC)c(C(=O)C(OC)C(C)C)c1. The summed E-state index contributed by atoms with van der Waals surface area (Å²) >= 11 is 0. The maximum atomic E-state index is 12.4. The number of Topliss-reactive ketones (excluding diaryl/α,β-unsaturated/α-hetero) is 1. The summed E-state index contributed by atoms with van der Waals surface area (Å²) in [7, 11) is 4.64. The Morgan fingerprint density at radius 1 is 1.11 bits per heavy atom. The Kier molecular flexibility index (Phi) is 5.16. The van der Waals surface area contributed by atoms with Gasteiger partial charge in [-0.05, 0) is 24.1 Å². The fourth-order valence-electron chi connectivity index (χ4n) is 1.84. The van der Waals surface area contributed by atoms with Crippen molar-refractivity contribution in [2.24, 2.45) is 5.92 Å². The molecule has 0 fully saturated rings. The van der Waals surface area contributed by atoms with Crippen LogP contribution in [0.15, 0.2) is 18.2 Å². The highest BCUT2D eigenvalue weighted by Gasteiger charge is 2.26. The van der Waals surface area contributed by atoms with E-state index in [0.29, 0.717) is 17.1 Å². The van der Waals surface area contributed by atoms with Crippen LogP contribution in [0.1, 0.15) is 24.2 Å². The molecule has 0 aliphatic carbocycles. The molecule has 0 heterocycles. The zero-order chi connectivity index (χ0) is 13.7. The zero-order valence-electron chi connectivity index (χ0n) is 11.5. The van der Waals surface area contributed by atoms with E-state index in [4.69, 9.17) is 14.2 Å². The van der Waals surface area contributed by atoms with E-state index in [9.17, 15) is 4.79 Å². The maximum absolute atomic E-state index is 12.4. The maximum Gasteiger partial charge on any atom is 0.195 e. The fourth-order valence-corrected chi connectivity index (χ4v) is 1.84. The average molecular weight is 252 g/mol. The van der Waals surface area contributed by atoms with Crippen LogP contribution in [0.3, 0.4) is 0 Å². The van der Waals surface area contributed by atoms with Gasteiger partial charge in [-0.3, -0.25) is 4.79 Å². The van der Waals surface area contributed by atoms with Crippen LogP contribution in [0, 0.1) is 5.92 Å². The first-order chi connectivity index (χ1) is 8.54. The summed E-state index contributed by atoms with van der Waals surface area (Å²) in [5.41, 5.74) is 0.484. The van der Waals surface area contributed by atoms with E-state index < -0.39 is 6.10 Å². The van der Waals surface area contributed by atoms with E-state index in [1.165, 1.54) is 14.2 Å². The zero-order valence-corrected chi connectivity index (χ0v) is 11.5. The van der Waals surface area contributed by atoms with E-state index >= 15 is 0 Å². The number of carbonyl (C=O) groups is 1. The van der Waals surface area contributed by atoms with Gasteiger partial charge in [-0.15, -0.1) is 0 Å². The van der Waals surface area contributed by atoms with Crippen molar-refractivity contribution in [3.05, 3.63) is 23.8 Å². The molecule has 0 N–H and O–H groups in total. The first-order valence-corrected chi connectivity index (χ1v) is 5.84. The Morgan fingerprint density at radius 3 is 2.22 bits per heavy atom. The smallest absolute Gasteiger partial charge is 0.195 e. The Hall–Kier alpha value is -1.55. The van der Waals surface area contributed by atoms with Crippen LogP contribution in [0.2, 0.25) is 0 Å². The molecule has 4 heteroatoms. The minimum atomic E-state index is -0.481. The second kappa shape index (κ2) is 6.40. The molecule has 0 amide bonds. The van der Waals surface area contributed by atoms with Crippen molar-refractivity contribution in [1.82, 2.24) is 0 Å². The van der Waals surface area contributed by atoms with Gasteiger partial charge in [0.1, 0.15) is 17.6 Å². The summed E-state index contributed by atoms with van der Waals surface area (Å²) in [4.78, 5) is 12.4. The minimum Gasteiger partial charge on any atom is -0.497 e. The normalized spacial score (nSPS) is 12.3. The van der Waals surface area contributed by atoms with Crippen LogP contribution >= 0.6 is 0 Å². The number of carbonyl (C=O) groups excluding carboxylic acids is 1. The predicted octanol–water partition coefficient (Wildman–Crippen LogP) is 2.56. The van der Waals surface area contributed by atoms with Gasteiger partial charge in [0.2, 0.25) is 0 Å². The molecular formula is C14H20O4. The first-order valence-electron chi connectivity index (χ1n) is 5.84. The van der Waals surface area contributed by atoms with Crippen molar-refractivity contribution in [3.8, 4) is 11.5 Å². The van der Waals surface area contributed by atoms with Gasteiger partial charge in [0.15, 0.2) is 5.78 Å². The monoisotopic (exact) mass is 252 g/mol. The first kappa shape index (κ1) is 14.5. The second-order valence-electron chi connectivity index (χ2n) is 4.33. The summed E-state index contributed by atoms with van der Waals surface area (Å²) in [6, 6.07) is 5.15. The molecule has 1 atom stereocenters. The number of hydrogen-bond donors (Lipinski definition) is 0. The topological polar surface area (TPSA) is 44.8 Å². The molecule has 0 saturated heterocycles. The lowest BCUT2D eigenvalue weighted by atomic mass is 9.97. The molecule has 1 aromatic rings. The van der Waals surface area contributed by atoms with E-state index in [1.54, 1.807) is 25.3 Å². The van der Waals surface area contributed by atoms with Crippen molar-refractivity contribution < 1.29 is 19.0 Å². The van der Waals surface area contributed by atoms with Crippen LogP contribution in [0.5, 0.6) is 11.5 Å². The summed E-state index contributed by atoms with van der Waals surface area (Å²) in [6.07, 6.45) is -0.481. The molecule has 0 aromatic heterocycles. The standard InChI is InChI=1S/C14H20O4/c1-9(2)14(18-5)13(15)11-8-10(16-3)6-7-12(11)17-4/h6-9,14H,1-5H3. The molecule has 1 unspecified atom stereocenters. The molecule has 0 bridgehead atoms.